The van der Waals surface area contributed by atoms with E-state index in [4.69, 9.17) is 16.0 Å². The molecular formula is C12H19ClO2Si. The summed E-state index contributed by atoms with van der Waals surface area (Å²) < 4.78 is 6.02. The molecule has 0 unspecified atom stereocenters. The first-order chi connectivity index (χ1) is 7.12. The lowest BCUT2D eigenvalue weighted by atomic mass is 10.2. The summed E-state index contributed by atoms with van der Waals surface area (Å²) in [6, 6.07) is 4.84. The molecule has 0 atom stereocenters. The molecule has 0 fully saturated rings. The molecule has 0 radical (unpaired) electrons. The van der Waals surface area contributed by atoms with Crippen molar-refractivity contribution < 1.29 is 9.53 Å². The molecule has 16 heavy (non-hydrogen) atoms. The highest BCUT2D eigenvalue weighted by molar-refractivity contribution is 6.74. The first kappa shape index (κ1) is 13.4. The molecule has 4 heteroatoms. The lowest BCUT2D eigenvalue weighted by Gasteiger charge is -2.36. The molecule has 1 rings (SSSR count). The number of aromatic hydroxyl groups is 1. The van der Waals surface area contributed by atoms with E-state index in [1.165, 1.54) is 6.07 Å². The van der Waals surface area contributed by atoms with Gasteiger partial charge in [-0.1, -0.05) is 32.4 Å². The molecule has 0 aliphatic heterocycles. The average Bonchev–Trinajstić information content (AvgIpc) is 1.97. The van der Waals surface area contributed by atoms with Crippen LogP contribution in [0.2, 0.25) is 23.2 Å². The summed E-state index contributed by atoms with van der Waals surface area (Å²) in [4.78, 5) is 0. The van der Waals surface area contributed by atoms with Gasteiger partial charge >= 0.3 is 0 Å². The molecule has 0 aliphatic rings. The van der Waals surface area contributed by atoms with E-state index in [9.17, 15) is 5.11 Å². The summed E-state index contributed by atoms with van der Waals surface area (Å²) in [7, 11) is -1.86. The van der Waals surface area contributed by atoms with Crippen LogP contribution in [0.3, 0.4) is 0 Å². The van der Waals surface area contributed by atoms with Crippen molar-refractivity contribution in [2.45, 2.75) is 38.9 Å². The van der Waals surface area contributed by atoms with Gasteiger partial charge in [-0.2, -0.15) is 0 Å². The number of phenols is 1. The third-order valence-electron chi connectivity index (χ3n) is 3.04. The second-order valence-electron chi connectivity index (χ2n) is 5.51. The number of rotatable bonds is 2. The Morgan fingerprint density at radius 1 is 1.19 bits per heavy atom. The second-order valence-corrected chi connectivity index (χ2v) is 10.7. The van der Waals surface area contributed by atoms with E-state index in [-0.39, 0.29) is 10.8 Å². The van der Waals surface area contributed by atoms with Crippen LogP contribution in [-0.2, 0) is 0 Å². The molecule has 0 heterocycles. The van der Waals surface area contributed by atoms with Gasteiger partial charge in [-0.05, 0) is 30.3 Å². The first-order valence-corrected chi connectivity index (χ1v) is 8.59. The third kappa shape index (κ3) is 3.16. The Labute approximate surface area is 103 Å². The fourth-order valence-corrected chi connectivity index (χ4v) is 2.29. The van der Waals surface area contributed by atoms with E-state index < -0.39 is 8.32 Å². The minimum absolute atomic E-state index is 0.130. The quantitative estimate of drug-likeness (QED) is 0.796. The Bertz CT molecular complexity index is 363. The largest absolute Gasteiger partial charge is 0.543 e. The van der Waals surface area contributed by atoms with Gasteiger partial charge in [-0.15, -0.1) is 0 Å². The minimum Gasteiger partial charge on any atom is -0.543 e. The molecule has 0 bridgehead atoms. The van der Waals surface area contributed by atoms with Crippen molar-refractivity contribution in [3.63, 3.8) is 0 Å². The van der Waals surface area contributed by atoms with Gasteiger partial charge in [0.25, 0.3) is 0 Å². The topological polar surface area (TPSA) is 29.5 Å². The van der Waals surface area contributed by atoms with E-state index in [1.807, 2.05) is 0 Å². The van der Waals surface area contributed by atoms with Crippen molar-refractivity contribution in [3.8, 4) is 11.5 Å². The van der Waals surface area contributed by atoms with Gasteiger partial charge in [0, 0.05) is 11.1 Å². The van der Waals surface area contributed by atoms with E-state index >= 15 is 0 Å². The zero-order valence-electron chi connectivity index (χ0n) is 10.5. The number of benzene rings is 1. The van der Waals surface area contributed by atoms with Crippen LogP contribution in [0.5, 0.6) is 11.5 Å². The zero-order valence-corrected chi connectivity index (χ0v) is 12.2. The monoisotopic (exact) mass is 258 g/mol. The number of hydrogen-bond donors (Lipinski definition) is 1. The van der Waals surface area contributed by atoms with Crippen molar-refractivity contribution in [2.75, 3.05) is 0 Å². The van der Waals surface area contributed by atoms with Gasteiger partial charge in [0.2, 0.25) is 8.32 Å². The molecular weight excluding hydrogens is 240 g/mol. The summed E-state index contributed by atoms with van der Waals surface area (Å²) in [6.07, 6.45) is 0. The standard InChI is InChI=1S/C12H19ClO2Si/c1-12(2,3)16(4,5)15-11-7-9(13)6-10(14)8-11/h6-8,14H,1-5H3. The zero-order chi connectivity index (χ0) is 12.6. The van der Waals surface area contributed by atoms with Crippen LogP contribution in [0, 0.1) is 0 Å². The molecule has 2 nitrogen and oxygen atoms in total. The fraction of sp³-hybridized carbons (Fsp3) is 0.500. The van der Waals surface area contributed by atoms with Gasteiger partial charge in [0.1, 0.15) is 11.5 Å². The highest BCUT2D eigenvalue weighted by Gasteiger charge is 2.39. The van der Waals surface area contributed by atoms with Gasteiger partial charge in [-0.3, -0.25) is 0 Å². The molecule has 1 N–H and O–H groups in total. The molecule has 0 amide bonds. The number of hydrogen-bond acceptors (Lipinski definition) is 2. The smallest absolute Gasteiger partial charge is 0.250 e. The molecule has 0 saturated heterocycles. The molecule has 0 aromatic heterocycles. The van der Waals surface area contributed by atoms with E-state index in [1.54, 1.807) is 12.1 Å². The van der Waals surface area contributed by atoms with Crippen molar-refractivity contribution in [2.24, 2.45) is 0 Å². The predicted molar refractivity (Wildman–Crippen MR) is 70.9 cm³/mol. The Kier molecular flexibility index (Phi) is 3.60. The van der Waals surface area contributed by atoms with Crippen molar-refractivity contribution in [1.29, 1.82) is 0 Å². The molecule has 1 aromatic carbocycles. The predicted octanol–water partition coefficient (Wildman–Crippen LogP) is 4.43. The normalized spacial score (nSPS) is 12.6. The SMILES string of the molecule is CC(C)(C)[Si](C)(C)Oc1cc(O)cc(Cl)c1. The molecule has 0 spiro atoms. The molecule has 0 saturated carbocycles. The van der Waals surface area contributed by atoms with E-state index in [0.29, 0.717) is 10.8 Å². The molecule has 90 valence electrons. The summed E-state index contributed by atoms with van der Waals surface area (Å²) in [5.74, 6) is 0.790. The summed E-state index contributed by atoms with van der Waals surface area (Å²) in [5, 5.41) is 10.1. The lowest BCUT2D eigenvalue weighted by Crippen LogP contribution is -2.43. The molecule has 0 aliphatic carbocycles. The highest BCUT2D eigenvalue weighted by atomic mass is 35.5. The van der Waals surface area contributed by atoms with Gasteiger partial charge in [0.15, 0.2) is 0 Å². The van der Waals surface area contributed by atoms with Crippen molar-refractivity contribution >= 4 is 19.9 Å². The van der Waals surface area contributed by atoms with E-state index in [2.05, 4.69) is 33.9 Å². The average molecular weight is 259 g/mol. The Morgan fingerprint density at radius 2 is 1.75 bits per heavy atom. The van der Waals surface area contributed by atoms with Crippen LogP contribution >= 0.6 is 11.6 Å². The minimum atomic E-state index is -1.86. The van der Waals surface area contributed by atoms with Crippen LogP contribution in [-0.4, -0.2) is 13.4 Å². The fourth-order valence-electron chi connectivity index (χ4n) is 1.05. The first-order valence-electron chi connectivity index (χ1n) is 5.30. The molecule has 1 aromatic rings. The van der Waals surface area contributed by atoms with Gasteiger partial charge < -0.3 is 9.53 Å². The van der Waals surface area contributed by atoms with Gasteiger partial charge in [0.05, 0.1) is 0 Å². The number of halogens is 1. The van der Waals surface area contributed by atoms with Crippen LogP contribution in [0.4, 0.5) is 0 Å². The summed E-state index contributed by atoms with van der Waals surface area (Å²) >= 11 is 5.87. The second kappa shape index (κ2) is 4.30. The van der Waals surface area contributed by atoms with Crippen LogP contribution in [0.15, 0.2) is 18.2 Å². The third-order valence-corrected chi connectivity index (χ3v) is 7.61. The lowest BCUT2D eigenvalue weighted by molar-refractivity contribution is 0.461. The van der Waals surface area contributed by atoms with Crippen molar-refractivity contribution in [3.05, 3.63) is 23.2 Å². The van der Waals surface area contributed by atoms with E-state index in [0.717, 1.165) is 0 Å². The Morgan fingerprint density at radius 3 is 2.19 bits per heavy atom. The number of phenolic OH excluding ortho intramolecular Hbond substituents is 1. The van der Waals surface area contributed by atoms with Crippen LogP contribution in [0.1, 0.15) is 20.8 Å². The van der Waals surface area contributed by atoms with Crippen molar-refractivity contribution in [1.82, 2.24) is 0 Å². The maximum Gasteiger partial charge on any atom is 0.250 e. The van der Waals surface area contributed by atoms with Crippen LogP contribution in [0.25, 0.3) is 0 Å². The maximum absolute atomic E-state index is 9.44. The highest BCUT2D eigenvalue weighted by Crippen LogP contribution is 2.38. The Hall–Kier alpha value is -0.673. The van der Waals surface area contributed by atoms with Gasteiger partial charge in [-0.25, -0.2) is 0 Å². The summed E-state index contributed by atoms with van der Waals surface area (Å²) in [6.45, 7) is 10.8. The maximum atomic E-state index is 9.44. The Balaban J connectivity index is 2.96. The summed E-state index contributed by atoms with van der Waals surface area (Å²) in [5.41, 5.74) is 0. The van der Waals surface area contributed by atoms with Crippen LogP contribution < -0.4 is 4.43 Å².